The second kappa shape index (κ2) is 9.50. The summed E-state index contributed by atoms with van der Waals surface area (Å²) in [5, 5.41) is 0. The van der Waals surface area contributed by atoms with Crippen LogP contribution in [-0.4, -0.2) is 17.9 Å². The van der Waals surface area contributed by atoms with Crippen LogP contribution in [0.2, 0.25) is 0 Å². The highest BCUT2D eigenvalue weighted by atomic mass is 16.5. The molecular formula is C30H48O3. The van der Waals surface area contributed by atoms with Crippen molar-refractivity contribution in [2.75, 3.05) is 0 Å². The highest BCUT2D eigenvalue weighted by Crippen LogP contribution is 2.67. The number of ether oxygens (including phenoxy) is 1. The van der Waals surface area contributed by atoms with Crippen molar-refractivity contribution >= 4 is 11.8 Å². The number of rotatable bonds is 7. The molecule has 0 unspecified atom stereocenters. The van der Waals surface area contributed by atoms with Crippen LogP contribution in [0.3, 0.4) is 0 Å². The third-order valence-corrected chi connectivity index (χ3v) is 10.8. The summed E-state index contributed by atoms with van der Waals surface area (Å²) in [5.74, 6) is 3.90. The van der Waals surface area contributed by atoms with E-state index in [0.29, 0.717) is 5.41 Å². The minimum atomic E-state index is -0.661. The molecule has 0 heterocycles. The van der Waals surface area contributed by atoms with Crippen molar-refractivity contribution in [3.05, 3.63) is 11.6 Å². The van der Waals surface area contributed by atoms with E-state index in [9.17, 15) is 9.59 Å². The van der Waals surface area contributed by atoms with Gasteiger partial charge in [0.1, 0.15) is 6.10 Å². The van der Waals surface area contributed by atoms with E-state index in [1.165, 1.54) is 63.9 Å². The van der Waals surface area contributed by atoms with Crippen LogP contribution < -0.4 is 0 Å². The SMILES string of the molecule is CC(=O)C(=O)O[C@H]1CC[C@@]2(C)C(=CC[C@H]3[C@@H]4CC[C@H]([C@H](C)CCCC(C)C)[C@@]4(C)CC[C@@H]32)C1. The van der Waals surface area contributed by atoms with Crippen LogP contribution in [0.25, 0.3) is 0 Å². The van der Waals surface area contributed by atoms with Crippen molar-refractivity contribution < 1.29 is 14.3 Å². The van der Waals surface area contributed by atoms with E-state index in [0.717, 1.165) is 54.8 Å². The first-order valence-electron chi connectivity index (χ1n) is 14.0. The first kappa shape index (κ1) is 25.0. The first-order chi connectivity index (χ1) is 15.6. The number of fused-ring (bicyclic) bond motifs is 5. The van der Waals surface area contributed by atoms with Gasteiger partial charge in [0.25, 0.3) is 0 Å². The molecule has 4 aliphatic carbocycles. The fourth-order valence-electron chi connectivity index (χ4n) is 8.99. The Morgan fingerprint density at radius 2 is 1.79 bits per heavy atom. The van der Waals surface area contributed by atoms with Gasteiger partial charge in [-0.15, -0.1) is 0 Å². The van der Waals surface area contributed by atoms with E-state index in [2.05, 4.69) is 40.7 Å². The Kier molecular flexibility index (Phi) is 7.19. The number of ketones is 1. The van der Waals surface area contributed by atoms with Gasteiger partial charge in [-0.1, -0.05) is 65.5 Å². The van der Waals surface area contributed by atoms with Crippen LogP contribution in [0.1, 0.15) is 112 Å². The van der Waals surface area contributed by atoms with Crippen molar-refractivity contribution in [2.24, 2.45) is 46.3 Å². The molecule has 0 aromatic heterocycles. The van der Waals surface area contributed by atoms with Crippen molar-refractivity contribution in [3.8, 4) is 0 Å². The molecule has 8 atom stereocenters. The van der Waals surface area contributed by atoms with E-state index in [1.807, 2.05) is 0 Å². The third kappa shape index (κ3) is 4.59. The molecule has 4 aliphatic rings. The summed E-state index contributed by atoms with van der Waals surface area (Å²) in [6.07, 6.45) is 16.2. The average molecular weight is 457 g/mol. The third-order valence-electron chi connectivity index (χ3n) is 10.8. The van der Waals surface area contributed by atoms with Crippen molar-refractivity contribution in [1.82, 2.24) is 0 Å². The Morgan fingerprint density at radius 1 is 1.03 bits per heavy atom. The zero-order chi connectivity index (χ0) is 24.0. The fourth-order valence-corrected chi connectivity index (χ4v) is 8.99. The van der Waals surface area contributed by atoms with E-state index in [4.69, 9.17) is 4.74 Å². The van der Waals surface area contributed by atoms with Gasteiger partial charge < -0.3 is 4.74 Å². The number of carbonyl (C=O) groups excluding carboxylic acids is 2. The number of esters is 1. The second-order valence-electron chi connectivity index (χ2n) is 13.1. The molecule has 0 amide bonds. The van der Waals surface area contributed by atoms with Gasteiger partial charge in [-0.05, 0) is 91.3 Å². The minimum Gasteiger partial charge on any atom is -0.456 e. The Morgan fingerprint density at radius 3 is 2.48 bits per heavy atom. The minimum absolute atomic E-state index is 0.117. The van der Waals surface area contributed by atoms with Crippen molar-refractivity contribution in [3.63, 3.8) is 0 Å². The van der Waals surface area contributed by atoms with Crippen molar-refractivity contribution in [1.29, 1.82) is 0 Å². The fraction of sp³-hybridized carbons (Fsp3) is 0.867. The lowest BCUT2D eigenvalue weighted by molar-refractivity contribution is -0.158. The number of carbonyl (C=O) groups is 2. The molecule has 0 bridgehead atoms. The van der Waals surface area contributed by atoms with Crippen LogP contribution in [0.5, 0.6) is 0 Å². The van der Waals surface area contributed by atoms with E-state index < -0.39 is 11.8 Å². The van der Waals surface area contributed by atoms with Gasteiger partial charge in [0.05, 0.1) is 0 Å². The quantitative estimate of drug-likeness (QED) is 0.226. The molecule has 0 radical (unpaired) electrons. The first-order valence-corrected chi connectivity index (χ1v) is 14.0. The molecule has 0 aromatic rings. The van der Waals surface area contributed by atoms with Gasteiger partial charge in [-0.2, -0.15) is 0 Å². The molecule has 0 aliphatic heterocycles. The summed E-state index contributed by atoms with van der Waals surface area (Å²) in [4.78, 5) is 23.2. The Labute approximate surface area is 202 Å². The molecule has 186 valence electrons. The molecule has 4 rings (SSSR count). The predicted molar refractivity (Wildman–Crippen MR) is 134 cm³/mol. The molecule has 3 fully saturated rings. The molecule has 0 spiro atoms. The lowest BCUT2D eigenvalue weighted by Gasteiger charge is -2.58. The lowest BCUT2D eigenvalue weighted by atomic mass is 9.47. The zero-order valence-electron chi connectivity index (χ0n) is 22.1. The summed E-state index contributed by atoms with van der Waals surface area (Å²) in [6, 6.07) is 0. The van der Waals surface area contributed by atoms with E-state index >= 15 is 0 Å². The van der Waals surface area contributed by atoms with Crippen LogP contribution in [0.4, 0.5) is 0 Å². The second-order valence-corrected chi connectivity index (χ2v) is 13.1. The molecule has 0 N–H and O–H groups in total. The van der Waals surface area contributed by atoms with Gasteiger partial charge >= 0.3 is 5.97 Å². The summed E-state index contributed by atoms with van der Waals surface area (Å²) in [5.41, 5.74) is 2.29. The largest absolute Gasteiger partial charge is 0.456 e. The smallest absolute Gasteiger partial charge is 0.374 e. The lowest BCUT2D eigenvalue weighted by Crippen LogP contribution is -2.51. The molecule has 3 heteroatoms. The van der Waals surface area contributed by atoms with Crippen molar-refractivity contribution in [2.45, 2.75) is 118 Å². The average Bonchev–Trinajstić information content (AvgIpc) is 3.11. The standard InChI is InChI=1S/C30H48O3/c1-19(2)8-7-9-20(3)25-12-13-26-24-11-10-22-18-23(33-28(32)21(4)31)14-16-29(22,5)27(24)15-17-30(25,26)6/h10,19-20,23-27H,7-9,11-18H2,1-6H3/t20-,23+,24+,25-,26+,27+,29+,30-/m1/s1. The zero-order valence-corrected chi connectivity index (χ0v) is 22.1. The summed E-state index contributed by atoms with van der Waals surface area (Å²) < 4.78 is 5.53. The van der Waals surface area contributed by atoms with Gasteiger partial charge in [0.15, 0.2) is 0 Å². The molecule has 3 saturated carbocycles. The van der Waals surface area contributed by atoms with Gasteiger partial charge in [0, 0.05) is 13.3 Å². The normalized spacial score (nSPS) is 40.9. The van der Waals surface area contributed by atoms with Crippen LogP contribution in [0.15, 0.2) is 11.6 Å². The van der Waals surface area contributed by atoms with Crippen LogP contribution in [-0.2, 0) is 14.3 Å². The summed E-state index contributed by atoms with van der Waals surface area (Å²) in [6.45, 7) is 13.7. The molecular weight excluding hydrogens is 408 g/mol. The molecule has 3 nitrogen and oxygen atoms in total. The van der Waals surface area contributed by atoms with Crippen LogP contribution in [0, 0.1) is 46.3 Å². The maximum Gasteiger partial charge on any atom is 0.374 e. The number of hydrogen-bond acceptors (Lipinski definition) is 3. The summed E-state index contributed by atoms with van der Waals surface area (Å²) >= 11 is 0. The van der Waals surface area contributed by atoms with Gasteiger partial charge in [-0.25, -0.2) is 4.79 Å². The molecule has 0 aromatic carbocycles. The number of hydrogen-bond donors (Lipinski definition) is 0. The van der Waals surface area contributed by atoms with Crippen LogP contribution >= 0.6 is 0 Å². The predicted octanol–water partition coefficient (Wildman–Crippen LogP) is 7.53. The molecule has 0 saturated heterocycles. The highest BCUT2D eigenvalue weighted by molar-refractivity contribution is 6.32. The highest BCUT2D eigenvalue weighted by Gasteiger charge is 2.59. The van der Waals surface area contributed by atoms with E-state index in [-0.39, 0.29) is 11.5 Å². The monoisotopic (exact) mass is 456 g/mol. The number of allylic oxidation sites excluding steroid dienone is 1. The van der Waals surface area contributed by atoms with Gasteiger partial charge in [-0.3, -0.25) is 4.79 Å². The topological polar surface area (TPSA) is 43.4 Å². The van der Waals surface area contributed by atoms with E-state index in [1.54, 1.807) is 0 Å². The Balaban J connectivity index is 1.45. The maximum atomic E-state index is 11.8. The maximum absolute atomic E-state index is 11.8. The Bertz CT molecular complexity index is 781. The number of Topliss-reactive ketones (excluding diaryl/α,β-unsaturated/α-hetero) is 1. The summed E-state index contributed by atoms with van der Waals surface area (Å²) in [7, 11) is 0. The molecule has 33 heavy (non-hydrogen) atoms. The van der Waals surface area contributed by atoms with Gasteiger partial charge in [0.2, 0.25) is 5.78 Å². The Hall–Kier alpha value is -1.12.